The van der Waals surface area contributed by atoms with E-state index in [4.69, 9.17) is 15.2 Å². The fourth-order valence-electron chi connectivity index (χ4n) is 2.16. The molecule has 1 rings (SSSR count). The first-order chi connectivity index (χ1) is 8.72. The highest BCUT2D eigenvalue weighted by Crippen LogP contribution is 2.14. The summed E-state index contributed by atoms with van der Waals surface area (Å²) in [6.45, 7) is 5.08. The second kappa shape index (κ2) is 8.29. The van der Waals surface area contributed by atoms with E-state index in [2.05, 4.69) is 5.32 Å². The lowest BCUT2D eigenvalue weighted by atomic mass is 10.0. The van der Waals surface area contributed by atoms with Crippen molar-refractivity contribution in [2.75, 3.05) is 39.9 Å². The maximum absolute atomic E-state index is 11.6. The number of nitrogens with zero attached hydrogens (tertiary/aromatic N) is 1. The fraction of sp³-hybridized carbons (Fsp3) is 0.917. The highest BCUT2D eigenvalue weighted by atomic mass is 16.6. The van der Waals surface area contributed by atoms with Crippen molar-refractivity contribution in [2.45, 2.75) is 31.9 Å². The summed E-state index contributed by atoms with van der Waals surface area (Å²) in [5.41, 5.74) is 5.47. The van der Waals surface area contributed by atoms with Crippen LogP contribution in [0.3, 0.4) is 0 Å². The molecule has 0 spiro atoms. The number of hydrogen-bond donors (Lipinski definition) is 2. The third-order valence-electron chi connectivity index (χ3n) is 3.18. The van der Waals surface area contributed by atoms with E-state index >= 15 is 0 Å². The van der Waals surface area contributed by atoms with Crippen LogP contribution < -0.4 is 11.1 Å². The summed E-state index contributed by atoms with van der Waals surface area (Å²) in [6.07, 6.45) is 1.59. The number of ether oxygens (including phenoxy) is 2. The molecule has 1 saturated heterocycles. The molecule has 0 radical (unpaired) electrons. The van der Waals surface area contributed by atoms with Crippen LogP contribution in [-0.4, -0.2) is 63.0 Å². The predicted molar refractivity (Wildman–Crippen MR) is 69.5 cm³/mol. The molecule has 1 aliphatic rings. The molecule has 18 heavy (non-hydrogen) atoms. The maximum atomic E-state index is 11.6. The third-order valence-corrected chi connectivity index (χ3v) is 3.18. The number of rotatable bonds is 6. The Morgan fingerprint density at radius 1 is 1.56 bits per heavy atom. The molecule has 3 N–H and O–H groups in total. The minimum Gasteiger partial charge on any atom is -0.450 e. The zero-order chi connectivity index (χ0) is 13.4. The molecule has 6 heteroatoms. The van der Waals surface area contributed by atoms with Gasteiger partial charge in [0.25, 0.3) is 0 Å². The molecule has 6 nitrogen and oxygen atoms in total. The van der Waals surface area contributed by atoms with Gasteiger partial charge < -0.3 is 25.4 Å². The van der Waals surface area contributed by atoms with Gasteiger partial charge in [-0.1, -0.05) is 0 Å². The van der Waals surface area contributed by atoms with Crippen LogP contribution in [0.2, 0.25) is 0 Å². The summed E-state index contributed by atoms with van der Waals surface area (Å²) in [5, 5.41) is 3.43. The van der Waals surface area contributed by atoms with E-state index in [1.165, 1.54) is 0 Å². The molecular weight excluding hydrogens is 234 g/mol. The molecule has 1 fully saturated rings. The topological polar surface area (TPSA) is 76.8 Å². The number of amides is 1. The third kappa shape index (κ3) is 4.44. The largest absolute Gasteiger partial charge is 0.450 e. The zero-order valence-electron chi connectivity index (χ0n) is 11.4. The van der Waals surface area contributed by atoms with E-state index in [1.807, 2.05) is 6.92 Å². The molecule has 0 bridgehead atoms. The number of carbonyl (C=O) groups excluding carboxylic acids is 1. The van der Waals surface area contributed by atoms with Crippen LogP contribution >= 0.6 is 0 Å². The van der Waals surface area contributed by atoms with Gasteiger partial charge in [-0.15, -0.1) is 0 Å². The average molecular weight is 259 g/mol. The van der Waals surface area contributed by atoms with Crippen molar-refractivity contribution >= 4 is 6.09 Å². The zero-order valence-corrected chi connectivity index (χ0v) is 11.4. The number of likely N-dealkylation sites (tertiary alicyclic amines) is 1. The Balaban J connectivity index is 2.41. The molecule has 1 amide bonds. The van der Waals surface area contributed by atoms with Gasteiger partial charge in [-0.25, -0.2) is 4.79 Å². The molecule has 106 valence electrons. The van der Waals surface area contributed by atoms with Crippen LogP contribution in [0.5, 0.6) is 0 Å². The van der Waals surface area contributed by atoms with Crippen molar-refractivity contribution in [3.8, 4) is 0 Å². The molecule has 0 saturated carbocycles. The summed E-state index contributed by atoms with van der Waals surface area (Å²) < 4.78 is 10.5. The summed E-state index contributed by atoms with van der Waals surface area (Å²) in [4.78, 5) is 13.3. The van der Waals surface area contributed by atoms with Crippen molar-refractivity contribution in [2.24, 2.45) is 5.73 Å². The standard InChI is InChI=1S/C12H25N3O3/c1-3-18-12(16)15-8-5-10(11(9-15)17-2)14-7-4-6-13/h10-11,14H,3-9,13H2,1-2H3. The summed E-state index contributed by atoms with van der Waals surface area (Å²) in [6, 6.07) is 0.284. The van der Waals surface area contributed by atoms with Gasteiger partial charge in [0.2, 0.25) is 0 Å². The van der Waals surface area contributed by atoms with Gasteiger partial charge in [-0.05, 0) is 32.9 Å². The molecule has 0 aromatic heterocycles. The van der Waals surface area contributed by atoms with Gasteiger partial charge in [-0.2, -0.15) is 0 Å². The van der Waals surface area contributed by atoms with Crippen LogP contribution in [-0.2, 0) is 9.47 Å². The van der Waals surface area contributed by atoms with Crippen molar-refractivity contribution in [1.82, 2.24) is 10.2 Å². The number of hydrogen-bond acceptors (Lipinski definition) is 5. The summed E-state index contributed by atoms with van der Waals surface area (Å²) in [7, 11) is 1.68. The number of piperidine rings is 1. The molecule has 2 unspecified atom stereocenters. The van der Waals surface area contributed by atoms with Crippen LogP contribution in [0.25, 0.3) is 0 Å². The number of carbonyl (C=O) groups is 1. The smallest absolute Gasteiger partial charge is 0.409 e. The van der Waals surface area contributed by atoms with Gasteiger partial charge in [0.1, 0.15) is 0 Å². The van der Waals surface area contributed by atoms with Gasteiger partial charge in [-0.3, -0.25) is 0 Å². The van der Waals surface area contributed by atoms with E-state index in [0.717, 1.165) is 19.4 Å². The van der Waals surface area contributed by atoms with Crippen LogP contribution in [0.15, 0.2) is 0 Å². The van der Waals surface area contributed by atoms with E-state index in [0.29, 0.717) is 26.2 Å². The first kappa shape index (κ1) is 15.2. The molecule has 2 atom stereocenters. The predicted octanol–water partition coefficient (Wildman–Crippen LogP) is 0.171. The molecule has 0 aromatic carbocycles. The molecule has 1 aliphatic heterocycles. The van der Waals surface area contributed by atoms with Crippen molar-refractivity contribution in [3.05, 3.63) is 0 Å². The van der Waals surface area contributed by atoms with E-state index in [1.54, 1.807) is 12.0 Å². The Morgan fingerprint density at radius 3 is 2.94 bits per heavy atom. The van der Waals surface area contributed by atoms with E-state index in [-0.39, 0.29) is 18.2 Å². The minimum absolute atomic E-state index is 0.0148. The van der Waals surface area contributed by atoms with Gasteiger partial charge in [0.15, 0.2) is 0 Å². The first-order valence-corrected chi connectivity index (χ1v) is 6.60. The van der Waals surface area contributed by atoms with Crippen molar-refractivity contribution < 1.29 is 14.3 Å². The van der Waals surface area contributed by atoms with Gasteiger partial charge in [0, 0.05) is 19.7 Å². The van der Waals surface area contributed by atoms with Crippen LogP contribution in [0, 0.1) is 0 Å². The second-order valence-electron chi connectivity index (χ2n) is 4.41. The Labute approximate surface area is 109 Å². The molecule has 0 aromatic rings. The van der Waals surface area contributed by atoms with Crippen LogP contribution in [0.1, 0.15) is 19.8 Å². The molecule has 0 aliphatic carbocycles. The number of methoxy groups -OCH3 is 1. The Morgan fingerprint density at radius 2 is 2.33 bits per heavy atom. The average Bonchev–Trinajstić information content (AvgIpc) is 2.39. The van der Waals surface area contributed by atoms with Gasteiger partial charge >= 0.3 is 6.09 Å². The lowest BCUT2D eigenvalue weighted by Gasteiger charge is -2.37. The maximum Gasteiger partial charge on any atom is 0.409 e. The minimum atomic E-state index is -0.250. The molecule has 1 heterocycles. The molecular formula is C12H25N3O3. The van der Waals surface area contributed by atoms with E-state index in [9.17, 15) is 4.79 Å². The lowest BCUT2D eigenvalue weighted by Crippen LogP contribution is -2.55. The normalized spacial score (nSPS) is 24.1. The highest BCUT2D eigenvalue weighted by molar-refractivity contribution is 5.67. The number of nitrogens with two attached hydrogens (primary N) is 1. The number of nitrogens with one attached hydrogen (secondary N) is 1. The monoisotopic (exact) mass is 259 g/mol. The Hall–Kier alpha value is -0.850. The summed E-state index contributed by atoms with van der Waals surface area (Å²) >= 11 is 0. The highest BCUT2D eigenvalue weighted by Gasteiger charge is 2.31. The van der Waals surface area contributed by atoms with Crippen molar-refractivity contribution in [1.29, 1.82) is 0 Å². The first-order valence-electron chi connectivity index (χ1n) is 6.60. The quantitative estimate of drug-likeness (QED) is 0.665. The van der Waals surface area contributed by atoms with Crippen LogP contribution in [0.4, 0.5) is 4.79 Å². The second-order valence-corrected chi connectivity index (χ2v) is 4.41. The lowest BCUT2D eigenvalue weighted by molar-refractivity contribution is 0.00396. The Bertz CT molecular complexity index is 251. The summed E-state index contributed by atoms with van der Waals surface area (Å²) in [5.74, 6) is 0. The fourth-order valence-corrected chi connectivity index (χ4v) is 2.16. The van der Waals surface area contributed by atoms with Crippen molar-refractivity contribution in [3.63, 3.8) is 0 Å². The SMILES string of the molecule is CCOC(=O)N1CCC(NCCCN)C(OC)C1. The van der Waals surface area contributed by atoms with Gasteiger partial charge in [0.05, 0.1) is 19.3 Å². The van der Waals surface area contributed by atoms with E-state index < -0.39 is 0 Å². The Kier molecular flexibility index (Phi) is 7.00.